The van der Waals surface area contributed by atoms with Crippen LogP contribution in [0.25, 0.3) is 0 Å². The molecular formula is C12H21BrO2. The van der Waals surface area contributed by atoms with Crippen LogP contribution in [0.1, 0.15) is 51.4 Å². The summed E-state index contributed by atoms with van der Waals surface area (Å²) >= 11 is 3.77. The highest BCUT2D eigenvalue weighted by molar-refractivity contribution is 9.09. The fourth-order valence-electron chi connectivity index (χ4n) is 2.57. The van der Waals surface area contributed by atoms with Gasteiger partial charge in [-0.3, -0.25) is 0 Å². The summed E-state index contributed by atoms with van der Waals surface area (Å²) in [5.41, 5.74) is 0. The Bertz CT molecular complexity index is 190. The minimum absolute atomic E-state index is 0.294. The summed E-state index contributed by atoms with van der Waals surface area (Å²) in [4.78, 5) is 0.380. The first kappa shape index (κ1) is 11.9. The second-order valence-electron chi connectivity index (χ2n) is 4.64. The Hall–Kier alpha value is 0.400. The number of hydrogen-bond acceptors (Lipinski definition) is 2. The second-order valence-corrected chi connectivity index (χ2v) is 5.74. The van der Waals surface area contributed by atoms with E-state index in [-0.39, 0.29) is 5.79 Å². The third-order valence-electron chi connectivity index (χ3n) is 3.49. The van der Waals surface area contributed by atoms with Gasteiger partial charge >= 0.3 is 0 Å². The van der Waals surface area contributed by atoms with Crippen molar-refractivity contribution in [3.8, 4) is 0 Å². The third kappa shape index (κ3) is 2.95. The Morgan fingerprint density at radius 1 is 0.867 bits per heavy atom. The van der Waals surface area contributed by atoms with Crippen LogP contribution in [0.5, 0.6) is 0 Å². The molecule has 1 atom stereocenters. The number of ether oxygens (including phenoxy) is 2. The van der Waals surface area contributed by atoms with Gasteiger partial charge in [0.2, 0.25) is 0 Å². The first-order valence-electron chi connectivity index (χ1n) is 6.25. The van der Waals surface area contributed by atoms with Crippen LogP contribution in [-0.2, 0) is 9.47 Å². The van der Waals surface area contributed by atoms with E-state index < -0.39 is 0 Å². The van der Waals surface area contributed by atoms with Gasteiger partial charge in [-0.1, -0.05) is 48.0 Å². The molecule has 1 spiro atoms. The maximum Gasteiger partial charge on any atom is 0.180 e. The topological polar surface area (TPSA) is 18.5 Å². The molecule has 1 saturated heterocycles. The monoisotopic (exact) mass is 276 g/mol. The van der Waals surface area contributed by atoms with Crippen LogP contribution in [0.3, 0.4) is 0 Å². The Balaban J connectivity index is 1.96. The minimum Gasteiger partial charge on any atom is -0.346 e. The Labute approximate surface area is 101 Å². The van der Waals surface area contributed by atoms with E-state index in [1.807, 2.05) is 0 Å². The Morgan fingerprint density at radius 2 is 1.47 bits per heavy atom. The Kier molecular flexibility index (Phi) is 4.47. The molecule has 0 radical (unpaired) electrons. The maximum atomic E-state index is 5.86. The molecule has 0 amide bonds. The van der Waals surface area contributed by atoms with E-state index in [0.717, 1.165) is 19.6 Å². The highest BCUT2D eigenvalue weighted by Crippen LogP contribution is 2.37. The van der Waals surface area contributed by atoms with Gasteiger partial charge in [0, 0.05) is 6.42 Å². The van der Waals surface area contributed by atoms with Crippen molar-refractivity contribution in [2.24, 2.45) is 0 Å². The van der Waals surface area contributed by atoms with Gasteiger partial charge < -0.3 is 9.47 Å². The zero-order chi connectivity index (χ0) is 10.6. The molecule has 1 saturated carbocycles. The SMILES string of the molecule is BrC1CCCCCCCCC12OCCO2. The summed E-state index contributed by atoms with van der Waals surface area (Å²) in [5.74, 6) is -0.294. The number of rotatable bonds is 0. The average Bonchev–Trinajstić information content (AvgIpc) is 2.71. The quantitative estimate of drug-likeness (QED) is 0.629. The van der Waals surface area contributed by atoms with Crippen molar-refractivity contribution in [2.75, 3.05) is 13.2 Å². The molecule has 0 aromatic carbocycles. The van der Waals surface area contributed by atoms with Crippen LogP contribution in [0.4, 0.5) is 0 Å². The van der Waals surface area contributed by atoms with E-state index >= 15 is 0 Å². The highest BCUT2D eigenvalue weighted by Gasteiger charge is 2.42. The third-order valence-corrected chi connectivity index (χ3v) is 4.64. The molecular weight excluding hydrogens is 256 g/mol. The zero-order valence-electron chi connectivity index (χ0n) is 9.34. The van der Waals surface area contributed by atoms with Crippen LogP contribution >= 0.6 is 15.9 Å². The lowest BCUT2D eigenvalue weighted by Crippen LogP contribution is -2.40. The lowest BCUT2D eigenvalue weighted by Gasteiger charge is -2.33. The smallest absolute Gasteiger partial charge is 0.180 e. The molecule has 1 aliphatic heterocycles. The maximum absolute atomic E-state index is 5.86. The summed E-state index contributed by atoms with van der Waals surface area (Å²) < 4.78 is 11.7. The molecule has 2 rings (SSSR count). The van der Waals surface area contributed by atoms with Gasteiger partial charge in [0.25, 0.3) is 0 Å². The van der Waals surface area contributed by atoms with Crippen LogP contribution in [0, 0.1) is 0 Å². The summed E-state index contributed by atoms with van der Waals surface area (Å²) in [7, 11) is 0. The van der Waals surface area contributed by atoms with Gasteiger partial charge in [-0.25, -0.2) is 0 Å². The van der Waals surface area contributed by atoms with Crippen molar-refractivity contribution in [1.29, 1.82) is 0 Å². The second kappa shape index (κ2) is 5.65. The van der Waals surface area contributed by atoms with E-state index in [0.29, 0.717) is 4.83 Å². The van der Waals surface area contributed by atoms with E-state index in [1.54, 1.807) is 0 Å². The molecule has 2 fully saturated rings. The normalized spacial score (nSPS) is 33.0. The Morgan fingerprint density at radius 3 is 2.20 bits per heavy atom. The van der Waals surface area contributed by atoms with Crippen molar-refractivity contribution in [2.45, 2.75) is 62.0 Å². The standard InChI is InChI=1S/C12H21BrO2/c13-11-7-5-3-1-2-4-6-8-12(11)14-9-10-15-12/h11H,1-10H2. The van der Waals surface area contributed by atoms with Crippen molar-refractivity contribution in [1.82, 2.24) is 0 Å². The summed E-state index contributed by atoms with van der Waals surface area (Å²) in [6, 6.07) is 0. The predicted octanol–water partition coefficient (Wildman–Crippen LogP) is 3.63. The summed E-state index contributed by atoms with van der Waals surface area (Å²) in [6.07, 6.45) is 10.2. The molecule has 0 aromatic heterocycles. The predicted molar refractivity (Wildman–Crippen MR) is 64.3 cm³/mol. The molecule has 1 aliphatic carbocycles. The molecule has 2 nitrogen and oxygen atoms in total. The van der Waals surface area contributed by atoms with Crippen LogP contribution in [-0.4, -0.2) is 23.8 Å². The van der Waals surface area contributed by atoms with Crippen molar-refractivity contribution in [3.05, 3.63) is 0 Å². The molecule has 1 heterocycles. The average molecular weight is 277 g/mol. The lowest BCUT2D eigenvalue weighted by molar-refractivity contribution is -0.162. The molecule has 0 aromatic rings. The van der Waals surface area contributed by atoms with Gasteiger partial charge in [0.1, 0.15) is 0 Å². The van der Waals surface area contributed by atoms with E-state index in [2.05, 4.69) is 15.9 Å². The summed E-state index contributed by atoms with van der Waals surface area (Å²) in [5, 5.41) is 0. The van der Waals surface area contributed by atoms with Crippen LogP contribution < -0.4 is 0 Å². The van der Waals surface area contributed by atoms with E-state index in [4.69, 9.17) is 9.47 Å². The molecule has 0 N–H and O–H groups in total. The van der Waals surface area contributed by atoms with E-state index in [9.17, 15) is 0 Å². The zero-order valence-corrected chi connectivity index (χ0v) is 10.9. The molecule has 15 heavy (non-hydrogen) atoms. The fourth-order valence-corrected chi connectivity index (χ4v) is 3.39. The molecule has 3 heteroatoms. The number of alkyl halides is 1. The number of hydrogen-bond donors (Lipinski definition) is 0. The molecule has 0 bridgehead atoms. The van der Waals surface area contributed by atoms with E-state index in [1.165, 1.54) is 44.9 Å². The summed E-state index contributed by atoms with van der Waals surface area (Å²) in [6.45, 7) is 1.53. The first-order valence-corrected chi connectivity index (χ1v) is 7.17. The molecule has 1 unspecified atom stereocenters. The van der Waals surface area contributed by atoms with Gasteiger partial charge in [-0.2, -0.15) is 0 Å². The first-order chi connectivity index (χ1) is 7.33. The fraction of sp³-hybridized carbons (Fsp3) is 1.00. The van der Waals surface area contributed by atoms with Gasteiger partial charge in [-0.15, -0.1) is 0 Å². The van der Waals surface area contributed by atoms with Gasteiger partial charge in [0.15, 0.2) is 5.79 Å². The highest BCUT2D eigenvalue weighted by atomic mass is 79.9. The van der Waals surface area contributed by atoms with Crippen molar-refractivity contribution >= 4 is 15.9 Å². The van der Waals surface area contributed by atoms with Crippen molar-refractivity contribution < 1.29 is 9.47 Å². The molecule has 88 valence electrons. The minimum atomic E-state index is -0.294. The molecule has 2 aliphatic rings. The number of halogens is 1. The van der Waals surface area contributed by atoms with Crippen LogP contribution in [0.15, 0.2) is 0 Å². The lowest BCUT2D eigenvalue weighted by atomic mass is 9.96. The van der Waals surface area contributed by atoms with Gasteiger partial charge in [-0.05, 0) is 12.8 Å². The largest absolute Gasteiger partial charge is 0.346 e. The van der Waals surface area contributed by atoms with Crippen molar-refractivity contribution in [3.63, 3.8) is 0 Å². The van der Waals surface area contributed by atoms with Crippen LogP contribution in [0.2, 0.25) is 0 Å². The van der Waals surface area contributed by atoms with Gasteiger partial charge in [0.05, 0.1) is 18.0 Å².